The minimum atomic E-state index is -0.596. The minimum Gasteiger partial charge on any atom is -0.493 e. The van der Waals surface area contributed by atoms with Gasteiger partial charge in [0.2, 0.25) is 11.5 Å². The molecule has 1 rings (SSSR count). The first-order chi connectivity index (χ1) is 7.15. The van der Waals surface area contributed by atoms with Crippen molar-refractivity contribution in [1.29, 1.82) is 0 Å². The molecule has 1 aromatic carbocycles. The molecule has 0 saturated carbocycles. The number of nitro groups is 1. The number of nitro benzene ring substituents is 1. The van der Waals surface area contributed by atoms with Crippen LogP contribution in [-0.4, -0.2) is 26.3 Å². The van der Waals surface area contributed by atoms with Gasteiger partial charge in [0.1, 0.15) is 0 Å². The third-order valence-corrected chi connectivity index (χ3v) is 1.80. The predicted molar refractivity (Wildman–Crippen MR) is 51.6 cm³/mol. The van der Waals surface area contributed by atoms with Crippen LogP contribution in [0.5, 0.6) is 17.2 Å². The van der Waals surface area contributed by atoms with E-state index < -0.39 is 4.92 Å². The molecule has 0 aliphatic rings. The van der Waals surface area contributed by atoms with Crippen molar-refractivity contribution in [2.24, 2.45) is 0 Å². The quantitative estimate of drug-likeness (QED) is 0.557. The molecule has 0 fully saturated rings. The summed E-state index contributed by atoms with van der Waals surface area (Å²) in [5.41, 5.74) is -0.282. The monoisotopic (exact) mass is 212 g/mol. The van der Waals surface area contributed by atoms with Gasteiger partial charge in [0.05, 0.1) is 32.3 Å². The van der Waals surface area contributed by atoms with Crippen LogP contribution in [0.15, 0.2) is 6.07 Å². The highest BCUT2D eigenvalue weighted by Crippen LogP contribution is 2.42. The summed E-state index contributed by atoms with van der Waals surface area (Å²) in [7, 11) is 4.12. The van der Waals surface area contributed by atoms with Gasteiger partial charge in [0.15, 0.2) is 5.75 Å². The van der Waals surface area contributed by atoms with Gasteiger partial charge >= 0.3 is 5.69 Å². The van der Waals surface area contributed by atoms with Crippen molar-refractivity contribution in [3.05, 3.63) is 22.2 Å². The van der Waals surface area contributed by atoms with Crippen molar-refractivity contribution < 1.29 is 19.1 Å². The Balaban J connectivity index is 3.40. The highest BCUT2D eigenvalue weighted by atomic mass is 16.6. The van der Waals surface area contributed by atoms with Gasteiger partial charge < -0.3 is 14.2 Å². The third-order valence-electron chi connectivity index (χ3n) is 1.80. The number of hydrogen-bond donors (Lipinski definition) is 0. The number of ether oxygens (including phenoxy) is 3. The third kappa shape index (κ3) is 1.93. The van der Waals surface area contributed by atoms with E-state index in [1.807, 2.05) is 0 Å². The maximum absolute atomic E-state index is 10.6. The van der Waals surface area contributed by atoms with Crippen LogP contribution >= 0.6 is 0 Å². The fourth-order valence-electron chi connectivity index (χ4n) is 1.15. The Kier molecular flexibility index (Phi) is 3.33. The van der Waals surface area contributed by atoms with Gasteiger partial charge in [-0.1, -0.05) is 0 Å². The molecule has 81 valence electrons. The highest BCUT2D eigenvalue weighted by molar-refractivity contribution is 5.61. The van der Waals surface area contributed by atoms with E-state index in [-0.39, 0.29) is 17.2 Å². The standard InChI is InChI=1S/C9H10NO5/c1-13-7-5-4-6(10(11)12)8(14-2)9(7)15-3/h5H,1-3H3. The van der Waals surface area contributed by atoms with E-state index >= 15 is 0 Å². The normalized spacial score (nSPS) is 9.53. The average Bonchev–Trinajstić information content (AvgIpc) is 2.26. The van der Waals surface area contributed by atoms with E-state index in [4.69, 9.17) is 14.2 Å². The van der Waals surface area contributed by atoms with Gasteiger partial charge in [0.25, 0.3) is 0 Å². The van der Waals surface area contributed by atoms with E-state index in [1.54, 1.807) is 0 Å². The molecule has 0 amide bonds. The second-order valence-electron chi connectivity index (χ2n) is 2.53. The molecule has 0 heterocycles. The zero-order valence-electron chi connectivity index (χ0n) is 8.57. The SMILES string of the molecule is COc1c[c]c([N+](=O)[O-])c(OC)c1OC. The lowest BCUT2D eigenvalue weighted by Crippen LogP contribution is -1.99. The van der Waals surface area contributed by atoms with Gasteiger partial charge in [-0.25, -0.2) is 0 Å². The van der Waals surface area contributed by atoms with Gasteiger partial charge in [-0.15, -0.1) is 0 Å². The second kappa shape index (κ2) is 4.50. The van der Waals surface area contributed by atoms with Gasteiger partial charge in [0, 0.05) is 0 Å². The van der Waals surface area contributed by atoms with Crippen molar-refractivity contribution in [2.75, 3.05) is 21.3 Å². The molecule has 15 heavy (non-hydrogen) atoms. The Morgan fingerprint density at radius 2 is 1.80 bits per heavy atom. The van der Waals surface area contributed by atoms with Crippen molar-refractivity contribution >= 4 is 5.69 Å². The maximum Gasteiger partial charge on any atom is 0.323 e. The summed E-state index contributed by atoms with van der Waals surface area (Å²) < 4.78 is 14.8. The molecule has 0 atom stereocenters. The molecule has 0 unspecified atom stereocenters. The fraction of sp³-hybridized carbons (Fsp3) is 0.333. The molecule has 0 aliphatic heterocycles. The van der Waals surface area contributed by atoms with Gasteiger partial charge in [-0.05, 0) is 6.07 Å². The van der Waals surface area contributed by atoms with Crippen LogP contribution in [0, 0.1) is 16.2 Å². The molecule has 0 N–H and O–H groups in total. The molecule has 0 bridgehead atoms. The average molecular weight is 212 g/mol. The van der Waals surface area contributed by atoms with Gasteiger partial charge in [-0.2, -0.15) is 0 Å². The van der Waals surface area contributed by atoms with Crippen molar-refractivity contribution in [2.45, 2.75) is 0 Å². The lowest BCUT2D eigenvalue weighted by Gasteiger charge is -2.10. The number of hydrogen-bond acceptors (Lipinski definition) is 5. The lowest BCUT2D eigenvalue weighted by molar-refractivity contribution is -0.386. The molecule has 0 saturated heterocycles. The number of rotatable bonds is 4. The van der Waals surface area contributed by atoms with E-state index in [0.717, 1.165) is 0 Å². The van der Waals surface area contributed by atoms with E-state index in [2.05, 4.69) is 6.07 Å². The zero-order valence-corrected chi connectivity index (χ0v) is 8.57. The summed E-state index contributed by atoms with van der Waals surface area (Å²) in [6, 6.07) is 3.79. The summed E-state index contributed by atoms with van der Waals surface area (Å²) in [4.78, 5) is 10.0. The van der Waals surface area contributed by atoms with Crippen LogP contribution in [0.2, 0.25) is 0 Å². The number of nitrogens with zero attached hydrogens (tertiary/aromatic N) is 1. The van der Waals surface area contributed by atoms with Crippen LogP contribution in [0.3, 0.4) is 0 Å². The van der Waals surface area contributed by atoms with E-state index in [9.17, 15) is 10.1 Å². The van der Waals surface area contributed by atoms with Crippen molar-refractivity contribution in [3.63, 3.8) is 0 Å². The highest BCUT2D eigenvalue weighted by Gasteiger charge is 2.23. The first kappa shape index (κ1) is 11.1. The van der Waals surface area contributed by atoms with Crippen LogP contribution in [0.25, 0.3) is 0 Å². The Bertz CT molecular complexity index is 377. The zero-order chi connectivity index (χ0) is 11.4. The van der Waals surface area contributed by atoms with Crippen molar-refractivity contribution in [3.8, 4) is 17.2 Å². The molecular formula is C9H10NO5. The van der Waals surface area contributed by atoms with Crippen LogP contribution < -0.4 is 14.2 Å². The smallest absolute Gasteiger partial charge is 0.323 e. The fourth-order valence-corrected chi connectivity index (χ4v) is 1.15. The minimum absolute atomic E-state index is 0.00171. The summed E-state index contributed by atoms with van der Waals surface area (Å²) in [5.74, 6) is 0.521. The Morgan fingerprint density at radius 1 is 1.20 bits per heavy atom. The summed E-state index contributed by atoms with van der Waals surface area (Å²) in [6.07, 6.45) is 0. The van der Waals surface area contributed by atoms with Gasteiger partial charge in [-0.3, -0.25) is 10.1 Å². The molecule has 1 aromatic rings. The van der Waals surface area contributed by atoms with Crippen LogP contribution in [-0.2, 0) is 0 Å². The lowest BCUT2D eigenvalue weighted by atomic mass is 10.2. The molecule has 6 heteroatoms. The molecule has 0 aliphatic carbocycles. The van der Waals surface area contributed by atoms with Crippen LogP contribution in [0.4, 0.5) is 5.69 Å². The summed E-state index contributed by atoms with van der Waals surface area (Å²) in [6.45, 7) is 0. The Morgan fingerprint density at radius 3 is 2.20 bits per heavy atom. The second-order valence-corrected chi connectivity index (χ2v) is 2.53. The number of methoxy groups -OCH3 is 3. The Labute approximate surface area is 86.5 Å². The predicted octanol–water partition coefficient (Wildman–Crippen LogP) is 1.42. The molecule has 1 radical (unpaired) electrons. The molecule has 6 nitrogen and oxygen atoms in total. The molecular weight excluding hydrogens is 202 g/mol. The Hall–Kier alpha value is -1.98. The van der Waals surface area contributed by atoms with Crippen molar-refractivity contribution in [1.82, 2.24) is 0 Å². The first-order valence-electron chi connectivity index (χ1n) is 4.00. The first-order valence-corrected chi connectivity index (χ1v) is 4.00. The van der Waals surface area contributed by atoms with Crippen LogP contribution in [0.1, 0.15) is 0 Å². The maximum atomic E-state index is 10.6. The number of benzene rings is 1. The largest absolute Gasteiger partial charge is 0.493 e. The molecule has 0 aromatic heterocycles. The van der Waals surface area contributed by atoms with E-state index in [0.29, 0.717) is 5.75 Å². The van der Waals surface area contributed by atoms with E-state index in [1.165, 1.54) is 27.4 Å². The summed E-state index contributed by atoms with van der Waals surface area (Å²) in [5, 5.41) is 10.6. The summed E-state index contributed by atoms with van der Waals surface area (Å²) >= 11 is 0. The topological polar surface area (TPSA) is 70.8 Å². The molecule has 0 spiro atoms.